The number of hydrogen-bond acceptors (Lipinski definition) is 4. The van der Waals surface area contributed by atoms with E-state index in [0.29, 0.717) is 26.2 Å². The van der Waals surface area contributed by atoms with Gasteiger partial charge in [0.15, 0.2) is 5.11 Å². The number of carbonyl (C=O) groups is 1. The Labute approximate surface area is 183 Å². The predicted molar refractivity (Wildman–Crippen MR) is 117 cm³/mol. The van der Waals surface area contributed by atoms with Gasteiger partial charge in [-0.1, -0.05) is 11.6 Å². The fourth-order valence-electron chi connectivity index (χ4n) is 2.86. The Morgan fingerprint density at radius 3 is 2.59 bits per heavy atom. The summed E-state index contributed by atoms with van der Waals surface area (Å²) < 4.78 is 38.8. The molecule has 1 fully saturated rings. The Morgan fingerprint density at radius 2 is 1.97 bits per heavy atom. The highest BCUT2D eigenvalue weighted by Gasteiger charge is 2.33. The van der Waals surface area contributed by atoms with E-state index in [1.807, 2.05) is 4.90 Å². The van der Waals surface area contributed by atoms with Crippen LogP contribution in [-0.4, -0.2) is 72.1 Å². The molecule has 1 saturated heterocycles. The minimum Gasteiger partial charge on any atom is -0.363 e. The van der Waals surface area contributed by atoms with Gasteiger partial charge in [-0.15, -0.1) is 0 Å². The number of amides is 1. The number of nitrogens with zero attached hydrogens (tertiary/aromatic N) is 2. The maximum Gasteiger partial charge on any atom is 0.417 e. The molecular weight excluding hydrogens is 445 g/mol. The van der Waals surface area contributed by atoms with Crippen molar-refractivity contribution in [2.75, 3.05) is 56.6 Å². The number of nitrogens with one attached hydrogen (secondary N) is 2. The predicted octanol–water partition coefficient (Wildman–Crippen LogP) is 3.54. The molecule has 5 nitrogen and oxygen atoms in total. The van der Waals surface area contributed by atoms with Crippen molar-refractivity contribution in [1.82, 2.24) is 15.1 Å². The Hall–Kier alpha value is -1.23. The molecule has 1 heterocycles. The molecule has 11 heteroatoms. The van der Waals surface area contributed by atoms with Crippen molar-refractivity contribution in [3.05, 3.63) is 28.8 Å². The second-order valence-electron chi connectivity index (χ2n) is 6.58. The van der Waals surface area contributed by atoms with Crippen LogP contribution in [0.15, 0.2) is 18.2 Å². The third-order valence-electron chi connectivity index (χ3n) is 4.38. The fraction of sp³-hybridized carbons (Fsp3) is 0.556. The quantitative estimate of drug-likeness (QED) is 0.471. The topological polar surface area (TPSA) is 47.6 Å². The zero-order valence-corrected chi connectivity index (χ0v) is 18.4. The van der Waals surface area contributed by atoms with Crippen LogP contribution in [-0.2, 0) is 11.0 Å². The molecule has 0 spiro atoms. The Morgan fingerprint density at radius 1 is 1.28 bits per heavy atom. The first-order valence-corrected chi connectivity index (χ1v) is 11.3. The molecule has 0 radical (unpaired) electrons. The average molecular weight is 469 g/mol. The lowest BCUT2D eigenvalue weighted by Crippen LogP contribution is -2.53. The van der Waals surface area contributed by atoms with E-state index in [2.05, 4.69) is 21.8 Å². The van der Waals surface area contributed by atoms with Crippen LogP contribution < -0.4 is 10.6 Å². The summed E-state index contributed by atoms with van der Waals surface area (Å²) in [6, 6.07) is 3.33. The molecule has 0 atom stereocenters. The lowest BCUT2D eigenvalue weighted by atomic mass is 10.2. The highest BCUT2D eigenvalue weighted by Crippen LogP contribution is 2.36. The third kappa shape index (κ3) is 7.84. The van der Waals surface area contributed by atoms with Gasteiger partial charge in [-0.25, -0.2) is 0 Å². The summed E-state index contributed by atoms with van der Waals surface area (Å²) in [5, 5.41) is 6.07. The molecule has 1 aliphatic heterocycles. The van der Waals surface area contributed by atoms with Gasteiger partial charge >= 0.3 is 6.18 Å². The summed E-state index contributed by atoms with van der Waals surface area (Å²) in [7, 11) is 0. The summed E-state index contributed by atoms with van der Waals surface area (Å²) in [5.74, 6) is 0.711. The van der Waals surface area contributed by atoms with Crippen LogP contribution in [0.3, 0.4) is 0 Å². The van der Waals surface area contributed by atoms with E-state index in [4.69, 9.17) is 23.8 Å². The van der Waals surface area contributed by atoms with E-state index in [1.165, 1.54) is 6.07 Å². The third-order valence-corrected chi connectivity index (χ3v) is 5.81. The molecule has 1 aliphatic rings. The number of halogens is 4. The van der Waals surface area contributed by atoms with E-state index >= 15 is 0 Å². The number of benzene rings is 1. The first-order chi connectivity index (χ1) is 13.7. The first kappa shape index (κ1) is 24.0. The van der Waals surface area contributed by atoms with Gasteiger partial charge in [-0.3, -0.25) is 9.69 Å². The Balaban J connectivity index is 1.78. The van der Waals surface area contributed by atoms with Crippen molar-refractivity contribution < 1.29 is 18.0 Å². The van der Waals surface area contributed by atoms with Crippen LogP contribution in [0.4, 0.5) is 18.9 Å². The number of rotatable bonds is 7. The van der Waals surface area contributed by atoms with Crippen molar-refractivity contribution in [3.8, 4) is 0 Å². The molecule has 1 aromatic carbocycles. The minimum atomic E-state index is -4.57. The number of alkyl halides is 3. The van der Waals surface area contributed by atoms with E-state index < -0.39 is 16.8 Å². The molecule has 0 bridgehead atoms. The van der Waals surface area contributed by atoms with Crippen molar-refractivity contribution >= 4 is 52.3 Å². The highest BCUT2D eigenvalue weighted by atomic mass is 35.5. The second-order valence-corrected chi connectivity index (χ2v) is 8.36. The van der Waals surface area contributed by atoms with Gasteiger partial charge in [0.2, 0.25) is 5.91 Å². The summed E-state index contributed by atoms with van der Waals surface area (Å²) in [5.41, 5.74) is -0.898. The number of piperazine rings is 1. The zero-order chi connectivity index (χ0) is 21.4. The average Bonchev–Trinajstić information content (AvgIpc) is 2.66. The molecule has 29 heavy (non-hydrogen) atoms. The number of thiocarbonyl (C=S) groups is 1. The monoisotopic (exact) mass is 468 g/mol. The molecule has 0 aromatic heterocycles. The van der Waals surface area contributed by atoms with Gasteiger partial charge < -0.3 is 15.5 Å². The SMILES string of the molecule is CSCCCNC(=S)N1CCN(CC(=O)Nc2ccc(Cl)c(C(F)(F)F)c2)CC1. The van der Waals surface area contributed by atoms with Gasteiger partial charge in [-0.2, -0.15) is 24.9 Å². The van der Waals surface area contributed by atoms with Crippen LogP contribution >= 0.6 is 35.6 Å². The first-order valence-electron chi connectivity index (χ1n) is 9.11. The highest BCUT2D eigenvalue weighted by molar-refractivity contribution is 7.98. The van der Waals surface area contributed by atoms with Gasteiger partial charge in [0.05, 0.1) is 17.1 Å². The molecule has 162 valence electrons. The zero-order valence-electron chi connectivity index (χ0n) is 16.0. The maximum absolute atomic E-state index is 12.9. The summed E-state index contributed by atoms with van der Waals surface area (Å²) in [6.45, 7) is 3.62. The van der Waals surface area contributed by atoms with Crippen molar-refractivity contribution in [1.29, 1.82) is 0 Å². The molecule has 1 aromatic rings. The van der Waals surface area contributed by atoms with Gasteiger partial charge in [0.1, 0.15) is 0 Å². The van der Waals surface area contributed by atoms with Gasteiger partial charge in [0.25, 0.3) is 0 Å². The van der Waals surface area contributed by atoms with E-state index in [9.17, 15) is 18.0 Å². The second kappa shape index (κ2) is 11.2. The molecule has 2 N–H and O–H groups in total. The maximum atomic E-state index is 12.9. The smallest absolute Gasteiger partial charge is 0.363 e. The molecule has 0 saturated carbocycles. The number of anilines is 1. The van der Waals surface area contributed by atoms with Crippen molar-refractivity contribution in [2.45, 2.75) is 12.6 Å². The Bertz CT molecular complexity index is 713. The van der Waals surface area contributed by atoms with Crippen LogP contribution in [0.1, 0.15) is 12.0 Å². The standard InChI is InChI=1S/C18H24ClF3N4OS2/c1-29-10-2-5-23-17(28)26-8-6-25(7-9-26)12-16(27)24-13-3-4-15(19)14(11-13)18(20,21)22/h3-4,11H,2,5-10,12H2,1H3,(H,23,28)(H,24,27). The van der Waals surface area contributed by atoms with Crippen LogP contribution in [0.5, 0.6) is 0 Å². The summed E-state index contributed by atoms with van der Waals surface area (Å²) in [6.07, 6.45) is -1.46. The Kier molecular flexibility index (Phi) is 9.32. The van der Waals surface area contributed by atoms with E-state index in [-0.39, 0.29) is 18.1 Å². The largest absolute Gasteiger partial charge is 0.417 e. The molecular formula is C18H24ClF3N4OS2. The van der Waals surface area contributed by atoms with Gasteiger partial charge in [0, 0.05) is 38.4 Å². The van der Waals surface area contributed by atoms with Crippen LogP contribution in [0, 0.1) is 0 Å². The summed E-state index contributed by atoms with van der Waals surface area (Å²) in [4.78, 5) is 16.2. The normalized spacial score (nSPS) is 15.3. The van der Waals surface area contributed by atoms with Crippen molar-refractivity contribution in [2.24, 2.45) is 0 Å². The molecule has 2 rings (SSSR count). The van der Waals surface area contributed by atoms with Crippen molar-refractivity contribution in [3.63, 3.8) is 0 Å². The number of hydrogen-bond donors (Lipinski definition) is 2. The minimum absolute atomic E-state index is 0.0704. The van der Waals surface area contributed by atoms with Crippen LogP contribution in [0.2, 0.25) is 5.02 Å². The molecule has 0 unspecified atom stereocenters. The molecule has 1 amide bonds. The lowest BCUT2D eigenvalue weighted by molar-refractivity contribution is -0.137. The van der Waals surface area contributed by atoms with E-state index in [0.717, 1.165) is 36.0 Å². The molecule has 0 aliphatic carbocycles. The summed E-state index contributed by atoms with van der Waals surface area (Å²) >= 11 is 12.8. The number of thioether (sulfide) groups is 1. The number of carbonyl (C=O) groups excluding carboxylic acids is 1. The lowest BCUT2D eigenvalue weighted by Gasteiger charge is -2.35. The van der Waals surface area contributed by atoms with E-state index in [1.54, 1.807) is 11.8 Å². The van der Waals surface area contributed by atoms with Gasteiger partial charge in [-0.05, 0) is 48.8 Å². The fourth-order valence-corrected chi connectivity index (χ4v) is 3.80. The van der Waals surface area contributed by atoms with Crippen LogP contribution in [0.25, 0.3) is 0 Å².